The first-order valence-corrected chi connectivity index (χ1v) is 6.96. The van der Waals surface area contributed by atoms with Crippen molar-refractivity contribution in [3.8, 4) is 11.3 Å². The largest absolute Gasteiger partial charge is 0.313 e. The summed E-state index contributed by atoms with van der Waals surface area (Å²) in [5, 5.41) is 11.5. The Hall–Kier alpha value is -1.68. The standard InChI is InChI=1S/C15H22N4/c1-4-9-19-15(11-17-18-19)13-8-6-7-12(10-13)14(5-2)16-3/h6-8,10-11,14,16H,4-5,9H2,1-3H3. The number of nitrogens with one attached hydrogen (secondary N) is 1. The van der Waals surface area contributed by atoms with Crippen LogP contribution >= 0.6 is 0 Å². The Kier molecular flexibility index (Phi) is 4.68. The Labute approximate surface area is 114 Å². The first kappa shape index (κ1) is 13.7. The van der Waals surface area contributed by atoms with Gasteiger partial charge in [-0.1, -0.05) is 37.3 Å². The topological polar surface area (TPSA) is 42.7 Å². The maximum absolute atomic E-state index is 4.15. The fourth-order valence-corrected chi connectivity index (χ4v) is 2.38. The third-order valence-electron chi connectivity index (χ3n) is 3.39. The first-order valence-electron chi connectivity index (χ1n) is 6.96. The van der Waals surface area contributed by atoms with Gasteiger partial charge in [-0.25, -0.2) is 4.68 Å². The zero-order valence-corrected chi connectivity index (χ0v) is 11.9. The number of nitrogens with zero attached hydrogens (tertiary/aromatic N) is 3. The van der Waals surface area contributed by atoms with Gasteiger partial charge in [0.15, 0.2) is 0 Å². The number of rotatable bonds is 6. The predicted octanol–water partition coefficient (Wildman–Crippen LogP) is 3.03. The van der Waals surface area contributed by atoms with E-state index < -0.39 is 0 Å². The lowest BCUT2D eigenvalue weighted by Crippen LogP contribution is -2.15. The van der Waals surface area contributed by atoms with Gasteiger partial charge < -0.3 is 5.32 Å². The van der Waals surface area contributed by atoms with Gasteiger partial charge in [0.1, 0.15) is 0 Å². The number of aromatic nitrogens is 3. The van der Waals surface area contributed by atoms with Crippen molar-refractivity contribution < 1.29 is 0 Å². The van der Waals surface area contributed by atoms with Crippen molar-refractivity contribution in [2.75, 3.05) is 7.05 Å². The van der Waals surface area contributed by atoms with E-state index in [9.17, 15) is 0 Å². The number of benzene rings is 1. The molecule has 0 saturated carbocycles. The van der Waals surface area contributed by atoms with Gasteiger partial charge in [-0.15, -0.1) is 5.10 Å². The van der Waals surface area contributed by atoms with E-state index in [1.165, 1.54) is 11.1 Å². The van der Waals surface area contributed by atoms with E-state index in [1.807, 2.05) is 17.9 Å². The van der Waals surface area contributed by atoms with Crippen LogP contribution in [0.15, 0.2) is 30.5 Å². The molecule has 0 radical (unpaired) electrons. The number of hydrogen-bond acceptors (Lipinski definition) is 3. The molecule has 1 atom stereocenters. The summed E-state index contributed by atoms with van der Waals surface area (Å²) in [7, 11) is 2.00. The minimum absolute atomic E-state index is 0.399. The van der Waals surface area contributed by atoms with Crippen molar-refractivity contribution in [2.45, 2.75) is 39.3 Å². The minimum atomic E-state index is 0.399. The van der Waals surface area contributed by atoms with Crippen molar-refractivity contribution in [3.05, 3.63) is 36.0 Å². The Bertz CT molecular complexity index is 514. The van der Waals surface area contributed by atoms with Crippen molar-refractivity contribution in [1.82, 2.24) is 20.3 Å². The molecule has 4 nitrogen and oxygen atoms in total. The fourth-order valence-electron chi connectivity index (χ4n) is 2.38. The van der Waals surface area contributed by atoms with Gasteiger partial charge in [0.25, 0.3) is 0 Å². The van der Waals surface area contributed by atoms with Crippen molar-refractivity contribution in [2.24, 2.45) is 0 Å². The van der Waals surface area contributed by atoms with Crippen LogP contribution in [0, 0.1) is 0 Å². The van der Waals surface area contributed by atoms with Crippen LogP contribution in [0.3, 0.4) is 0 Å². The van der Waals surface area contributed by atoms with E-state index >= 15 is 0 Å². The summed E-state index contributed by atoms with van der Waals surface area (Å²) < 4.78 is 1.97. The first-order chi connectivity index (χ1) is 9.30. The lowest BCUT2D eigenvalue weighted by molar-refractivity contribution is 0.575. The number of hydrogen-bond donors (Lipinski definition) is 1. The highest BCUT2D eigenvalue weighted by Gasteiger charge is 2.10. The molecule has 4 heteroatoms. The molecule has 0 amide bonds. The van der Waals surface area contributed by atoms with E-state index in [0.29, 0.717) is 6.04 Å². The van der Waals surface area contributed by atoms with Crippen molar-refractivity contribution in [1.29, 1.82) is 0 Å². The molecule has 0 saturated heterocycles. The molecule has 1 heterocycles. The Balaban J connectivity index is 2.34. The van der Waals surface area contributed by atoms with Gasteiger partial charge in [-0.2, -0.15) is 0 Å². The van der Waals surface area contributed by atoms with Crippen molar-refractivity contribution in [3.63, 3.8) is 0 Å². The Morgan fingerprint density at radius 1 is 1.32 bits per heavy atom. The molecule has 0 aliphatic rings. The fraction of sp³-hybridized carbons (Fsp3) is 0.467. The molecule has 2 aromatic rings. The molecule has 1 N–H and O–H groups in total. The number of aryl methyl sites for hydroxylation is 1. The lowest BCUT2D eigenvalue weighted by atomic mass is 10.0. The van der Waals surface area contributed by atoms with Gasteiger partial charge in [-0.05, 0) is 31.5 Å². The Morgan fingerprint density at radius 2 is 2.16 bits per heavy atom. The van der Waals surface area contributed by atoms with Gasteiger partial charge in [0.2, 0.25) is 0 Å². The maximum atomic E-state index is 4.15. The zero-order valence-electron chi connectivity index (χ0n) is 11.9. The van der Waals surface area contributed by atoms with Crippen LogP contribution in [-0.2, 0) is 6.54 Å². The summed E-state index contributed by atoms with van der Waals surface area (Å²) in [6.07, 6.45) is 3.98. The summed E-state index contributed by atoms with van der Waals surface area (Å²) >= 11 is 0. The molecule has 102 valence electrons. The van der Waals surface area contributed by atoms with Gasteiger partial charge in [-0.3, -0.25) is 0 Å². The summed E-state index contributed by atoms with van der Waals surface area (Å²) in [5.74, 6) is 0. The SMILES string of the molecule is CCCn1nncc1-c1cccc(C(CC)NC)c1. The average molecular weight is 258 g/mol. The molecular weight excluding hydrogens is 236 g/mol. The van der Waals surface area contributed by atoms with Crippen LogP contribution in [0.5, 0.6) is 0 Å². The van der Waals surface area contributed by atoms with Crippen LogP contribution < -0.4 is 5.32 Å². The second kappa shape index (κ2) is 6.48. The van der Waals surface area contributed by atoms with E-state index in [2.05, 4.69) is 53.7 Å². The molecule has 1 aromatic heterocycles. The third kappa shape index (κ3) is 3.01. The second-order valence-corrected chi connectivity index (χ2v) is 4.72. The highest BCUT2D eigenvalue weighted by molar-refractivity contribution is 5.59. The minimum Gasteiger partial charge on any atom is -0.313 e. The molecule has 0 aliphatic carbocycles. The highest BCUT2D eigenvalue weighted by Crippen LogP contribution is 2.24. The van der Waals surface area contributed by atoms with E-state index in [1.54, 1.807) is 0 Å². The van der Waals surface area contributed by atoms with Crippen LogP contribution in [0.25, 0.3) is 11.3 Å². The van der Waals surface area contributed by atoms with Crippen LogP contribution in [0.4, 0.5) is 0 Å². The summed E-state index contributed by atoms with van der Waals surface area (Å²) in [5.41, 5.74) is 3.59. The molecule has 0 aliphatic heterocycles. The van der Waals surface area contributed by atoms with Gasteiger partial charge in [0.05, 0.1) is 11.9 Å². The Morgan fingerprint density at radius 3 is 2.84 bits per heavy atom. The predicted molar refractivity (Wildman–Crippen MR) is 77.8 cm³/mol. The van der Waals surface area contributed by atoms with Crippen molar-refractivity contribution >= 4 is 0 Å². The van der Waals surface area contributed by atoms with Gasteiger partial charge in [0, 0.05) is 18.2 Å². The molecule has 1 unspecified atom stereocenters. The van der Waals surface area contributed by atoms with Gasteiger partial charge >= 0.3 is 0 Å². The molecule has 0 spiro atoms. The third-order valence-corrected chi connectivity index (χ3v) is 3.39. The second-order valence-electron chi connectivity index (χ2n) is 4.72. The summed E-state index contributed by atoms with van der Waals surface area (Å²) in [6, 6.07) is 9.03. The smallest absolute Gasteiger partial charge is 0.0885 e. The van der Waals surface area contributed by atoms with Crippen LogP contribution in [0.1, 0.15) is 38.3 Å². The quantitative estimate of drug-likeness (QED) is 0.866. The summed E-state index contributed by atoms with van der Waals surface area (Å²) in [4.78, 5) is 0. The molecular formula is C15H22N4. The highest BCUT2D eigenvalue weighted by atomic mass is 15.4. The zero-order chi connectivity index (χ0) is 13.7. The lowest BCUT2D eigenvalue weighted by Gasteiger charge is -2.15. The molecule has 0 fully saturated rings. The molecule has 19 heavy (non-hydrogen) atoms. The molecule has 2 rings (SSSR count). The van der Waals surface area contributed by atoms with E-state index in [4.69, 9.17) is 0 Å². The normalized spacial score (nSPS) is 12.6. The monoisotopic (exact) mass is 258 g/mol. The van der Waals surface area contributed by atoms with E-state index in [-0.39, 0.29) is 0 Å². The van der Waals surface area contributed by atoms with Crippen LogP contribution in [-0.4, -0.2) is 22.0 Å². The molecule has 1 aromatic carbocycles. The molecule has 0 bridgehead atoms. The van der Waals surface area contributed by atoms with Crippen LogP contribution in [0.2, 0.25) is 0 Å². The maximum Gasteiger partial charge on any atom is 0.0885 e. The summed E-state index contributed by atoms with van der Waals surface area (Å²) in [6.45, 7) is 5.25. The van der Waals surface area contributed by atoms with E-state index in [0.717, 1.165) is 25.1 Å². The average Bonchev–Trinajstić information content (AvgIpc) is 2.89.